The van der Waals surface area contributed by atoms with Crippen LogP contribution < -0.4 is 14.8 Å². The number of pyridine rings is 1. The van der Waals surface area contributed by atoms with Gasteiger partial charge in [0.25, 0.3) is 11.6 Å². The number of carbonyl (C=O) groups is 3. The summed E-state index contributed by atoms with van der Waals surface area (Å²) >= 11 is 3.08. The first-order chi connectivity index (χ1) is 19.0. The molecule has 2 atom stereocenters. The summed E-state index contributed by atoms with van der Waals surface area (Å²) in [7, 11) is 0. The maximum atomic E-state index is 14.4. The van der Waals surface area contributed by atoms with Gasteiger partial charge in [0, 0.05) is 43.4 Å². The molecule has 0 bridgehead atoms. The minimum atomic E-state index is -1.43. The molecular formula is C26H23BrFN7O5. The molecule has 40 heavy (non-hydrogen) atoms. The Hall–Kier alpha value is -4.46. The second-order valence-electron chi connectivity index (χ2n) is 9.39. The Morgan fingerprint density at radius 3 is 2.70 bits per heavy atom. The normalized spacial score (nSPS) is 16.9. The van der Waals surface area contributed by atoms with Gasteiger partial charge in [0.05, 0.1) is 18.3 Å². The third-order valence-electron chi connectivity index (χ3n) is 6.66. The lowest BCUT2D eigenvalue weighted by atomic mass is 10.1. The molecule has 0 radical (unpaired) electrons. The molecule has 206 valence electrons. The number of halogens is 2. The Bertz CT molecular complexity index is 1680. The van der Waals surface area contributed by atoms with Gasteiger partial charge in [0.2, 0.25) is 5.91 Å². The van der Waals surface area contributed by atoms with E-state index in [0.29, 0.717) is 31.6 Å². The number of likely N-dealkylation sites (tertiary alicyclic amines) is 1. The lowest BCUT2D eigenvalue weighted by Crippen LogP contribution is -2.46. The number of rotatable bonds is 6. The van der Waals surface area contributed by atoms with Crippen LogP contribution in [0.2, 0.25) is 0 Å². The van der Waals surface area contributed by atoms with Gasteiger partial charge in [0.15, 0.2) is 16.1 Å². The highest BCUT2D eigenvalue weighted by atomic mass is 79.9. The number of alkyl halides is 1. The number of carbonyl (C=O) groups excluding carboxylic acids is 3. The molecule has 5 rings (SSSR count). The first-order valence-corrected chi connectivity index (χ1v) is 13.0. The number of benzene rings is 1. The van der Waals surface area contributed by atoms with Crippen molar-refractivity contribution < 1.29 is 28.2 Å². The standard InChI is InChI=1S/C26H23BrFN7O5/c1-14(36)25-18-10-16(19-8-9-34(39)15(2)29-19)6-7-20(18)33(31-25)13-24(37)32-12-17(28)11-21(32)26(38)30-23-5-3-4-22(27)35(23)40/h3-10,17,21H,11-13H2,1-2H3,(H,30,38)/t17-,21+/m1/s1. The van der Waals surface area contributed by atoms with Crippen LogP contribution in [0.3, 0.4) is 0 Å². The molecule has 2 amide bonds. The molecule has 0 aliphatic carbocycles. The Morgan fingerprint density at radius 2 is 1.98 bits per heavy atom. The first-order valence-electron chi connectivity index (χ1n) is 12.2. The van der Waals surface area contributed by atoms with E-state index in [4.69, 9.17) is 0 Å². The summed E-state index contributed by atoms with van der Waals surface area (Å²) in [6, 6.07) is 9.97. The molecule has 1 aliphatic heterocycles. The van der Waals surface area contributed by atoms with E-state index in [1.807, 2.05) is 0 Å². The second kappa shape index (κ2) is 10.6. The summed E-state index contributed by atoms with van der Waals surface area (Å²) in [5.41, 5.74) is 1.77. The number of amides is 2. The van der Waals surface area contributed by atoms with Crippen LogP contribution in [0.25, 0.3) is 22.2 Å². The van der Waals surface area contributed by atoms with E-state index in [9.17, 15) is 29.2 Å². The Morgan fingerprint density at radius 1 is 1.20 bits per heavy atom. The van der Waals surface area contributed by atoms with E-state index in [1.54, 1.807) is 37.3 Å². The molecule has 0 saturated carbocycles. The summed E-state index contributed by atoms with van der Waals surface area (Å²) in [5.74, 6) is -1.41. The number of hydrogen-bond acceptors (Lipinski definition) is 7. The fraction of sp³-hybridized carbons (Fsp3) is 0.269. The van der Waals surface area contributed by atoms with Crippen LogP contribution >= 0.6 is 15.9 Å². The van der Waals surface area contributed by atoms with Crippen LogP contribution in [-0.2, 0) is 16.1 Å². The van der Waals surface area contributed by atoms with Crippen LogP contribution in [0, 0.1) is 17.3 Å². The molecule has 3 aromatic heterocycles. The van der Waals surface area contributed by atoms with Crippen molar-refractivity contribution in [3.05, 3.63) is 75.2 Å². The van der Waals surface area contributed by atoms with Gasteiger partial charge in [-0.3, -0.25) is 14.3 Å². The van der Waals surface area contributed by atoms with Gasteiger partial charge >= 0.3 is 5.91 Å². The Labute approximate surface area is 235 Å². The largest absolute Gasteiger partial charge is 0.711 e. The number of hydrogen-bond donors (Lipinski definition) is 1. The summed E-state index contributed by atoms with van der Waals surface area (Å²) in [6.45, 7) is 2.28. The highest BCUT2D eigenvalue weighted by molar-refractivity contribution is 9.10. The lowest BCUT2D eigenvalue weighted by Gasteiger charge is -2.22. The van der Waals surface area contributed by atoms with Crippen molar-refractivity contribution in [2.75, 3.05) is 11.9 Å². The van der Waals surface area contributed by atoms with Gasteiger partial charge in [-0.05, 0) is 51.2 Å². The molecule has 0 unspecified atom stereocenters. The van der Waals surface area contributed by atoms with E-state index in [-0.39, 0.29) is 47.2 Å². The fourth-order valence-electron chi connectivity index (χ4n) is 4.69. The third-order valence-corrected chi connectivity index (χ3v) is 7.25. The Kier molecular flexibility index (Phi) is 7.19. The van der Waals surface area contributed by atoms with E-state index in [1.165, 1.54) is 29.9 Å². The van der Waals surface area contributed by atoms with Crippen LogP contribution in [0.15, 0.2) is 53.3 Å². The summed E-state index contributed by atoms with van der Waals surface area (Å²) in [4.78, 5) is 44.1. The maximum absolute atomic E-state index is 14.4. The second-order valence-corrected chi connectivity index (χ2v) is 10.2. The molecule has 14 heteroatoms. The van der Waals surface area contributed by atoms with Crippen LogP contribution in [0.5, 0.6) is 0 Å². The molecule has 0 spiro atoms. The molecule has 1 aliphatic rings. The topological polar surface area (TPSA) is 151 Å². The van der Waals surface area contributed by atoms with Gasteiger partial charge in [-0.1, -0.05) is 0 Å². The van der Waals surface area contributed by atoms with Crippen molar-refractivity contribution in [2.24, 2.45) is 0 Å². The number of ketones is 1. The number of aromatic nitrogens is 5. The first kappa shape index (κ1) is 27.1. The van der Waals surface area contributed by atoms with Gasteiger partial charge in [-0.2, -0.15) is 5.10 Å². The number of Topliss-reactive ketones (excluding diaryl/α,β-unsaturated/α-hetero) is 1. The van der Waals surface area contributed by atoms with Crippen molar-refractivity contribution in [3.63, 3.8) is 0 Å². The molecular weight excluding hydrogens is 589 g/mol. The molecule has 1 fully saturated rings. The van der Waals surface area contributed by atoms with Gasteiger partial charge in [-0.25, -0.2) is 24.0 Å². The zero-order valence-corrected chi connectivity index (χ0v) is 23.0. The average molecular weight is 612 g/mol. The highest BCUT2D eigenvalue weighted by Gasteiger charge is 2.42. The van der Waals surface area contributed by atoms with Crippen molar-refractivity contribution in [2.45, 2.75) is 39.0 Å². The predicted molar refractivity (Wildman–Crippen MR) is 143 cm³/mol. The zero-order chi connectivity index (χ0) is 28.7. The highest BCUT2D eigenvalue weighted by Crippen LogP contribution is 2.27. The van der Waals surface area contributed by atoms with Crippen molar-refractivity contribution in [1.82, 2.24) is 19.7 Å². The van der Waals surface area contributed by atoms with E-state index >= 15 is 0 Å². The van der Waals surface area contributed by atoms with Crippen LogP contribution in [0.4, 0.5) is 10.2 Å². The van der Waals surface area contributed by atoms with Crippen molar-refractivity contribution in [1.29, 1.82) is 0 Å². The predicted octanol–water partition coefficient (Wildman–Crippen LogP) is 2.22. The fourth-order valence-corrected chi connectivity index (χ4v) is 5.03. The Balaban J connectivity index is 1.42. The average Bonchev–Trinajstić information content (AvgIpc) is 3.49. The minimum absolute atomic E-state index is 0.0674. The number of anilines is 1. The van der Waals surface area contributed by atoms with E-state index < -0.39 is 24.0 Å². The lowest BCUT2D eigenvalue weighted by molar-refractivity contribution is -0.615. The molecule has 4 heterocycles. The van der Waals surface area contributed by atoms with E-state index in [2.05, 4.69) is 31.3 Å². The minimum Gasteiger partial charge on any atom is -0.711 e. The van der Waals surface area contributed by atoms with Gasteiger partial charge in [0.1, 0.15) is 24.5 Å². The summed E-state index contributed by atoms with van der Waals surface area (Å²) in [5, 5.41) is 31.2. The number of fused-ring (bicyclic) bond motifs is 1. The van der Waals surface area contributed by atoms with Crippen molar-refractivity contribution in [3.8, 4) is 11.3 Å². The molecule has 4 aromatic rings. The molecule has 1 saturated heterocycles. The molecule has 1 aromatic carbocycles. The van der Waals surface area contributed by atoms with Crippen LogP contribution in [0.1, 0.15) is 29.7 Å². The summed E-state index contributed by atoms with van der Waals surface area (Å²) in [6.07, 6.45) is -0.316. The summed E-state index contributed by atoms with van der Waals surface area (Å²) < 4.78 is 17.1. The monoisotopic (exact) mass is 611 g/mol. The zero-order valence-electron chi connectivity index (χ0n) is 21.4. The molecule has 12 nitrogen and oxygen atoms in total. The van der Waals surface area contributed by atoms with Gasteiger partial charge in [-0.15, -0.1) is 0 Å². The number of aryl methyl sites for hydroxylation is 1. The van der Waals surface area contributed by atoms with Gasteiger partial charge < -0.3 is 15.3 Å². The quantitative estimate of drug-likeness (QED) is 0.152. The SMILES string of the molecule is CC(=O)c1nn(CC(=O)N2C[C@H](F)C[C@H]2C(=O)Nc2cccc(Br)[n+]2[O-])c2ccc(-c3cc[n+]([O-])c(C)n3)cc12. The maximum Gasteiger partial charge on any atom is 0.330 e. The smallest absolute Gasteiger partial charge is 0.330 e. The van der Waals surface area contributed by atoms with Crippen LogP contribution in [-0.4, -0.2) is 56.0 Å². The third kappa shape index (κ3) is 5.09. The number of nitrogens with one attached hydrogen (secondary N) is 1. The van der Waals surface area contributed by atoms with Crippen molar-refractivity contribution >= 4 is 50.2 Å². The molecule has 1 N–H and O–H groups in total. The van der Waals surface area contributed by atoms with E-state index in [0.717, 1.165) is 4.90 Å². The number of nitrogens with zero attached hydrogens (tertiary/aromatic N) is 6.